The Morgan fingerprint density at radius 2 is 1.96 bits per heavy atom. The number of benzene rings is 1. The second kappa shape index (κ2) is 10.2. The molecule has 0 heterocycles. The minimum atomic E-state index is -0.0140. The molecule has 25 heavy (non-hydrogen) atoms. The normalized spacial score (nSPS) is 15.1. The molecule has 0 aromatic heterocycles. The van der Waals surface area contributed by atoms with Gasteiger partial charge in [0.2, 0.25) is 5.91 Å². The summed E-state index contributed by atoms with van der Waals surface area (Å²) in [6, 6.07) is 8.03. The largest absolute Gasteiger partial charge is 0.356 e. The van der Waals surface area contributed by atoms with Crippen LogP contribution in [0.25, 0.3) is 0 Å². The van der Waals surface area contributed by atoms with E-state index in [4.69, 9.17) is 11.6 Å². The van der Waals surface area contributed by atoms with Crippen LogP contribution in [0.2, 0.25) is 5.02 Å². The lowest BCUT2D eigenvalue weighted by atomic mass is 9.96. The van der Waals surface area contributed by atoms with E-state index in [2.05, 4.69) is 28.6 Å². The summed E-state index contributed by atoms with van der Waals surface area (Å²) in [5.41, 5.74) is 1.27. The van der Waals surface area contributed by atoms with Gasteiger partial charge in [-0.1, -0.05) is 36.7 Å². The lowest BCUT2D eigenvalue weighted by molar-refractivity contribution is -0.127. The third-order valence-corrected chi connectivity index (χ3v) is 4.64. The molecule has 2 rings (SSSR count). The zero-order valence-electron chi connectivity index (χ0n) is 15.1. The van der Waals surface area contributed by atoms with E-state index >= 15 is 0 Å². The average molecular weight is 479 g/mol. The summed E-state index contributed by atoms with van der Waals surface area (Å²) >= 11 is 6.36. The monoisotopic (exact) mass is 478 g/mol. The van der Waals surface area contributed by atoms with Gasteiger partial charge in [-0.05, 0) is 30.9 Å². The Balaban J connectivity index is 0.00000312. The minimum Gasteiger partial charge on any atom is -0.356 e. The van der Waals surface area contributed by atoms with E-state index in [1.54, 1.807) is 19.0 Å². The van der Waals surface area contributed by atoms with Gasteiger partial charge in [-0.3, -0.25) is 4.79 Å². The van der Waals surface area contributed by atoms with Crippen LogP contribution in [0.1, 0.15) is 31.7 Å². The third-order valence-electron chi connectivity index (χ3n) is 4.31. The molecule has 1 saturated carbocycles. The summed E-state index contributed by atoms with van der Waals surface area (Å²) in [5.74, 6) is 0.671. The van der Waals surface area contributed by atoms with E-state index in [1.165, 1.54) is 5.56 Å². The fourth-order valence-corrected chi connectivity index (χ4v) is 2.88. The van der Waals surface area contributed by atoms with Crippen molar-refractivity contribution in [2.75, 3.05) is 33.7 Å². The van der Waals surface area contributed by atoms with Crippen LogP contribution in [-0.4, -0.2) is 50.5 Å². The summed E-state index contributed by atoms with van der Waals surface area (Å²) in [7, 11) is 3.47. The van der Waals surface area contributed by atoms with Crippen LogP contribution in [0, 0.1) is 0 Å². The lowest BCUT2D eigenvalue weighted by Crippen LogP contribution is -2.42. The maximum atomic E-state index is 11.7. The smallest absolute Gasteiger partial charge is 0.243 e. The number of hydrogen-bond donors (Lipinski definition) is 2. The molecule has 1 fully saturated rings. The van der Waals surface area contributed by atoms with Gasteiger partial charge in [0.1, 0.15) is 6.54 Å². The first-order valence-electron chi connectivity index (χ1n) is 8.46. The summed E-state index contributed by atoms with van der Waals surface area (Å²) in [4.78, 5) is 17.7. The number of carbonyl (C=O) groups excluding carboxylic acids is 1. The number of likely N-dealkylation sites (N-methyl/N-ethyl adjacent to an activating group) is 1. The number of hydrogen-bond acceptors (Lipinski definition) is 2. The van der Waals surface area contributed by atoms with Crippen LogP contribution in [0.15, 0.2) is 29.3 Å². The quantitative estimate of drug-likeness (QED) is 0.360. The zero-order valence-corrected chi connectivity index (χ0v) is 18.2. The van der Waals surface area contributed by atoms with Crippen LogP contribution < -0.4 is 10.6 Å². The maximum Gasteiger partial charge on any atom is 0.243 e. The van der Waals surface area contributed by atoms with Crippen LogP contribution in [0.3, 0.4) is 0 Å². The fraction of sp³-hybridized carbons (Fsp3) is 0.556. The summed E-state index contributed by atoms with van der Waals surface area (Å²) < 4.78 is 0. The molecule has 2 N–H and O–H groups in total. The van der Waals surface area contributed by atoms with Crippen molar-refractivity contribution in [1.82, 2.24) is 15.5 Å². The maximum absolute atomic E-state index is 11.7. The Kier molecular flexibility index (Phi) is 8.99. The second-order valence-electron chi connectivity index (χ2n) is 6.49. The first-order valence-corrected chi connectivity index (χ1v) is 8.83. The van der Waals surface area contributed by atoms with Crippen molar-refractivity contribution in [1.29, 1.82) is 0 Å². The summed E-state index contributed by atoms with van der Waals surface area (Å²) in [5, 5.41) is 7.47. The highest BCUT2D eigenvalue weighted by atomic mass is 127. The zero-order chi connectivity index (χ0) is 17.6. The van der Waals surface area contributed by atoms with Crippen molar-refractivity contribution in [2.45, 2.75) is 31.6 Å². The Morgan fingerprint density at radius 3 is 2.52 bits per heavy atom. The highest BCUT2D eigenvalue weighted by molar-refractivity contribution is 14.0. The molecular formula is C18H28ClIN4O. The molecule has 0 aliphatic heterocycles. The molecule has 0 atom stereocenters. The van der Waals surface area contributed by atoms with Gasteiger partial charge in [0.25, 0.3) is 0 Å². The number of amides is 1. The van der Waals surface area contributed by atoms with Crippen molar-refractivity contribution in [2.24, 2.45) is 4.99 Å². The number of rotatable bonds is 7. The molecule has 0 radical (unpaired) electrons. The summed E-state index contributed by atoms with van der Waals surface area (Å²) in [6.07, 6.45) is 3.22. The molecule has 1 aliphatic rings. The third kappa shape index (κ3) is 6.33. The van der Waals surface area contributed by atoms with Gasteiger partial charge in [-0.15, -0.1) is 24.0 Å². The van der Waals surface area contributed by atoms with E-state index in [9.17, 15) is 4.79 Å². The van der Waals surface area contributed by atoms with Gasteiger partial charge in [-0.25, -0.2) is 4.99 Å². The van der Waals surface area contributed by atoms with Gasteiger partial charge < -0.3 is 15.5 Å². The van der Waals surface area contributed by atoms with Crippen molar-refractivity contribution in [3.8, 4) is 0 Å². The van der Waals surface area contributed by atoms with E-state index in [0.717, 1.165) is 37.4 Å². The predicted octanol–water partition coefficient (Wildman–Crippen LogP) is 3.02. The Bertz CT molecular complexity index is 602. The number of nitrogens with one attached hydrogen (secondary N) is 2. The predicted molar refractivity (Wildman–Crippen MR) is 115 cm³/mol. The van der Waals surface area contributed by atoms with Gasteiger partial charge >= 0.3 is 0 Å². The van der Waals surface area contributed by atoms with E-state index in [0.29, 0.717) is 5.96 Å². The van der Waals surface area contributed by atoms with Gasteiger partial charge in [0, 0.05) is 37.6 Å². The fourth-order valence-electron chi connectivity index (χ4n) is 2.54. The van der Waals surface area contributed by atoms with E-state index in [1.807, 2.05) is 18.2 Å². The van der Waals surface area contributed by atoms with E-state index < -0.39 is 0 Å². The second-order valence-corrected chi connectivity index (χ2v) is 6.90. The van der Waals surface area contributed by atoms with Crippen LogP contribution in [0.5, 0.6) is 0 Å². The number of nitrogens with zero attached hydrogens (tertiary/aromatic N) is 2. The number of halogens is 2. The topological polar surface area (TPSA) is 56.7 Å². The van der Waals surface area contributed by atoms with Crippen molar-refractivity contribution >= 4 is 47.4 Å². The molecule has 140 valence electrons. The highest BCUT2D eigenvalue weighted by Crippen LogP contribution is 2.49. The van der Waals surface area contributed by atoms with Crippen molar-refractivity contribution in [3.63, 3.8) is 0 Å². The highest BCUT2D eigenvalue weighted by Gasteiger charge is 2.45. The summed E-state index contributed by atoms with van der Waals surface area (Å²) in [6.45, 7) is 3.83. The SMILES string of the molecule is CCCNC(=NCC(=O)N(C)C)NCC1(c2ccccc2Cl)CC1.I. The number of guanidine groups is 1. The molecule has 5 nitrogen and oxygen atoms in total. The van der Waals surface area contributed by atoms with Gasteiger partial charge in [0.05, 0.1) is 0 Å². The van der Waals surface area contributed by atoms with Crippen LogP contribution >= 0.6 is 35.6 Å². The molecule has 1 amide bonds. The van der Waals surface area contributed by atoms with Crippen LogP contribution in [0.4, 0.5) is 0 Å². The standard InChI is InChI=1S/C18H27ClN4O.HI/c1-4-11-20-17(21-12-16(24)23(2)3)22-13-18(9-10-18)14-7-5-6-8-15(14)19;/h5-8H,4,9-13H2,1-3H3,(H2,20,21,22);1H. The Hall–Kier alpha value is -1.02. The van der Waals surface area contributed by atoms with E-state index in [-0.39, 0.29) is 41.8 Å². The lowest BCUT2D eigenvalue weighted by Gasteiger charge is -2.20. The molecule has 1 aliphatic carbocycles. The average Bonchev–Trinajstić information content (AvgIpc) is 3.35. The minimum absolute atomic E-state index is 0. The Morgan fingerprint density at radius 1 is 1.28 bits per heavy atom. The molecular weight excluding hydrogens is 451 g/mol. The Labute approximate surface area is 172 Å². The number of carbonyl (C=O) groups is 1. The molecule has 0 saturated heterocycles. The number of aliphatic imine (C=N–C) groups is 1. The molecule has 7 heteroatoms. The first-order chi connectivity index (χ1) is 11.5. The molecule has 1 aromatic carbocycles. The molecule has 1 aromatic rings. The van der Waals surface area contributed by atoms with Gasteiger partial charge in [0.15, 0.2) is 5.96 Å². The van der Waals surface area contributed by atoms with Crippen LogP contribution in [-0.2, 0) is 10.2 Å². The molecule has 0 bridgehead atoms. The molecule has 0 unspecified atom stereocenters. The van der Waals surface area contributed by atoms with Gasteiger partial charge in [-0.2, -0.15) is 0 Å². The van der Waals surface area contributed by atoms with Crippen molar-refractivity contribution < 1.29 is 4.79 Å². The first kappa shape index (κ1) is 22.0. The van der Waals surface area contributed by atoms with Crippen molar-refractivity contribution in [3.05, 3.63) is 34.9 Å². The molecule has 0 spiro atoms.